The van der Waals surface area contributed by atoms with Gasteiger partial charge in [0.15, 0.2) is 11.5 Å². The SMILES string of the molecule is c1c2c(cc3c1OCO3)-c1cncn1C2. The molecule has 15 heavy (non-hydrogen) atoms. The highest BCUT2D eigenvalue weighted by Gasteiger charge is 2.23. The Morgan fingerprint density at radius 3 is 3.00 bits per heavy atom. The van der Waals surface area contributed by atoms with E-state index in [0.717, 1.165) is 23.7 Å². The van der Waals surface area contributed by atoms with Crippen LogP contribution in [-0.4, -0.2) is 16.3 Å². The summed E-state index contributed by atoms with van der Waals surface area (Å²) in [6.07, 6.45) is 3.73. The molecule has 0 amide bonds. The lowest BCUT2D eigenvalue weighted by atomic mass is 10.1. The third-order valence-electron chi connectivity index (χ3n) is 2.93. The van der Waals surface area contributed by atoms with Gasteiger partial charge in [0, 0.05) is 12.1 Å². The Labute approximate surface area is 86.1 Å². The summed E-state index contributed by atoms with van der Waals surface area (Å²) in [5.41, 5.74) is 3.64. The summed E-state index contributed by atoms with van der Waals surface area (Å²) in [6, 6.07) is 4.10. The summed E-state index contributed by atoms with van der Waals surface area (Å²) >= 11 is 0. The largest absolute Gasteiger partial charge is 0.454 e. The molecule has 0 bridgehead atoms. The van der Waals surface area contributed by atoms with Gasteiger partial charge in [-0.1, -0.05) is 0 Å². The van der Waals surface area contributed by atoms with Crippen LogP contribution < -0.4 is 9.47 Å². The Balaban J connectivity index is 2.00. The number of benzene rings is 1. The van der Waals surface area contributed by atoms with Crippen molar-refractivity contribution < 1.29 is 9.47 Å². The summed E-state index contributed by atoms with van der Waals surface area (Å²) in [6.45, 7) is 1.21. The number of hydrogen-bond donors (Lipinski definition) is 0. The van der Waals surface area contributed by atoms with Crippen molar-refractivity contribution in [3.63, 3.8) is 0 Å². The average Bonchev–Trinajstić information content (AvgIpc) is 2.86. The van der Waals surface area contributed by atoms with E-state index < -0.39 is 0 Å². The van der Waals surface area contributed by atoms with E-state index in [1.54, 1.807) is 0 Å². The molecular formula is C11H8N2O2. The van der Waals surface area contributed by atoms with Gasteiger partial charge in [-0.3, -0.25) is 0 Å². The number of imidazole rings is 1. The van der Waals surface area contributed by atoms with Crippen molar-refractivity contribution in [3.8, 4) is 22.8 Å². The molecule has 2 aliphatic heterocycles. The molecule has 4 nitrogen and oxygen atoms in total. The Bertz CT molecular complexity index is 560. The summed E-state index contributed by atoms with van der Waals surface area (Å²) in [4.78, 5) is 4.13. The molecule has 0 spiro atoms. The first-order valence-corrected chi connectivity index (χ1v) is 4.85. The average molecular weight is 200 g/mol. The highest BCUT2D eigenvalue weighted by Crippen LogP contribution is 2.41. The number of aromatic nitrogens is 2. The van der Waals surface area contributed by atoms with Crippen LogP contribution in [0.15, 0.2) is 24.7 Å². The fraction of sp³-hybridized carbons (Fsp3) is 0.182. The van der Waals surface area contributed by atoms with Crippen molar-refractivity contribution >= 4 is 0 Å². The third-order valence-corrected chi connectivity index (χ3v) is 2.93. The second-order valence-electron chi connectivity index (χ2n) is 3.77. The molecule has 2 aliphatic rings. The summed E-state index contributed by atoms with van der Waals surface area (Å²) in [5.74, 6) is 1.69. The fourth-order valence-corrected chi connectivity index (χ4v) is 2.21. The van der Waals surface area contributed by atoms with E-state index >= 15 is 0 Å². The second-order valence-corrected chi connectivity index (χ2v) is 3.77. The van der Waals surface area contributed by atoms with Gasteiger partial charge in [-0.25, -0.2) is 4.98 Å². The van der Waals surface area contributed by atoms with Crippen molar-refractivity contribution in [2.24, 2.45) is 0 Å². The highest BCUT2D eigenvalue weighted by atomic mass is 16.7. The molecular weight excluding hydrogens is 192 g/mol. The molecule has 0 saturated heterocycles. The molecule has 0 unspecified atom stereocenters. The van der Waals surface area contributed by atoms with E-state index in [1.165, 1.54) is 11.1 Å². The van der Waals surface area contributed by atoms with Crippen LogP contribution in [0.2, 0.25) is 0 Å². The predicted molar refractivity (Wildman–Crippen MR) is 52.9 cm³/mol. The first-order valence-electron chi connectivity index (χ1n) is 4.85. The first kappa shape index (κ1) is 7.34. The van der Waals surface area contributed by atoms with Crippen molar-refractivity contribution in [1.82, 2.24) is 9.55 Å². The molecule has 3 heterocycles. The lowest BCUT2D eigenvalue weighted by molar-refractivity contribution is 0.174. The molecule has 0 fully saturated rings. The topological polar surface area (TPSA) is 36.3 Å². The van der Waals surface area contributed by atoms with Gasteiger partial charge in [-0.05, 0) is 17.7 Å². The molecule has 74 valence electrons. The van der Waals surface area contributed by atoms with Gasteiger partial charge in [0.05, 0.1) is 18.2 Å². The van der Waals surface area contributed by atoms with Crippen LogP contribution in [0.5, 0.6) is 11.5 Å². The van der Waals surface area contributed by atoms with Crippen molar-refractivity contribution in [2.75, 3.05) is 6.79 Å². The number of nitrogens with zero attached hydrogens (tertiary/aromatic N) is 2. The third kappa shape index (κ3) is 0.837. The Morgan fingerprint density at radius 2 is 2.07 bits per heavy atom. The lowest BCUT2D eigenvalue weighted by Gasteiger charge is -2.00. The molecule has 1 aromatic heterocycles. The van der Waals surface area contributed by atoms with Gasteiger partial charge >= 0.3 is 0 Å². The predicted octanol–water partition coefficient (Wildman–Crippen LogP) is 1.64. The molecule has 0 atom stereocenters. The second kappa shape index (κ2) is 2.34. The smallest absolute Gasteiger partial charge is 0.231 e. The van der Waals surface area contributed by atoms with Crippen molar-refractivity contribution in [1.29, 1.82) is 0 Å². The monoisotopic (exact) mass is 200 g/mol. The summed E-state index contributed by atoms with van der Waals surface area (Å²) in [7, 11) is 0. The van der Waals surface area contributed by atoms with Crippen LogP contribution >= 0.6 is 0 Å². The van der Waals surface area contributed by atoms with Crippen molar-refractivity contribution in [2.45, 2.75) is 6.54 Å². The molecule has 4 heteroatoms. The number of rotatable bonds is 0. The molecule has 0 radical (unpaired) electrons. The standard InChI is InChI=1S/C11H8N2O2/c1-7-4-13-5-12-3-9(13)8(7)2-11-10(1)14-6-15-11/h1-3,5H,4,6H2. The Morgan fingerprint density at radius 1 is 1.20 bits per heavy atom. The van der Waals surface area contributed by atoms with Gasteiger partial charge in [0.1, 0.15) is 0 Å². The molecule has 0 saturated carbocycles. The lowest BCUT2D eigenvalue weighted by Crippen LogP contribution is -1.93. The van der Waals surface area contributed by atoms with Crippen LogP contribution in [-0.2, 0) is 6.54 Å². The van der Waals surface area contributed by atoms with E-state index in [4.69, 9.17) is 9.47 Å². The van der Waals surface area contributed by atoms with Gasteiger partial charge in [-0.2, -0.15) is 0 Å². The number of hydrogen-bond acceptors (Lipinski definition) is 3. The minimum Gasteiger partial charge on any atom is -0.454 e. The van der Waals surface area contributed by atoms with E-state index in [-0.39, 0.29) is 0 Å². The highest BCUT2D eigenvalue weighted by molar-refractivity contribution is 5.71. The zero-order chi connectivity index (χ0) is 9.83. The maximum atomic E-state index is 5.36. The van der Waals surface area contributed by atoms with E-state index in [0.29, 0.717) is 6.79 Å². The van der Waals surface area contributed by atoms with Gasteiger partial charge in [-0.15, -0.1) is 0 Å². The van der Waals surface area contributed by atoms with Gasteiger partial charge in [0.25, 0.3) is 0 Å². The molecule has 4 rings (SSSR count). The zero-order valence-corrected chi connectivity index (χ0v) is 7.93. The maximum absolute atomic E-state index is 5.36. The van der Waals surface area contributed by atoms with Gasteiger partial charge < -0.3 is 14.0 Å². The maximum Gasteiger partial charge on any atom is 0.231 e. The fourth-order valence-electron chi connectivity index (χ4n) is 2.21. The van der Waals surface area contributed by atoms with E-state index in [2.05, 4.69) is 15.6 Å². The zero-order valence-electron chi connectivity index (χ0n) is 7.93. The Kier molecular flexibility index (Phi) is 1.14. The van der Waals surface area contributed by atoms with Gasteiger partial charge in [0.2, 0.25) is 6.79 Å². The van der Waals surface area contributed by atoms with E-state index in [9.17, 15) is 0 Å². The molecule has 2 aromatic rings. The number of fused-ring (bicyclic) bond motifs is 4. The van der Waals surface area contributed by atoms with Crippen LogP contribution in [0.3, 0.4) is 0 Å². The van der Waals surface area contributed by atoms with Crippen LogP contribution in [0.4, 0.5) is 0 Å². The normalized spacial score (nSPS) is 15.2. The van der Waals surface area contributed by atoms with Crippen LogP contribution in [0.25, 0.3) is 11.3 Å². The van der Waals surface area contributed by atoms with Crippen LogP contribution in [0.1, 0.15) is 5.56 Å². The minimum absolute atomic E-state index is 0.331. The number of ether oxygens (including phenoxy) is 2. The van der Waals surface area contributed by atoms with E-state index in [1.807, 2.05) is 18.6 Å². The Hall–Kier alpha value is -1.97. The minimum atomic E-state index is 0.331. The van der Waals surface area contributed by atoms with Crippen molar-refractivity contribution in [3.05, 3.63) is 30.2 Å². The molecule has 1 aromatic carbocycles. The quantitative estimate of drug-likeness (QED) is 0.553. The van der Waals surface area contributed by atoms with Crippen LogP contribution in [0, 0.1) is 0 Å². The summed E-state index contributed by atoms with van der Waals surface area (Å²) in [5, 5.41) is 0. The molecule has 0 N–H and O–H groups in total. The first-order chi connectivity index (χ1) is 7.42. The summed E-state index contributed by atoms with van der Waals surface area (Å²) < 4.78 is 12.8. The molecule has 0 aliphatic carbocycles.